The molecule has 0 aromatic carbocycles. The maximum Gasteiger partial charge on any atom is 0.234 e. The summed E-state index contributed by atoms with van der Waals surface area (Å²) < 4.78 is 1.72. The van der Waals surface area contributed by atoms with Crippen molar-refractivity contribution >= 4 is 12.0 Å². The molecular weight excluding hydrogens is 156 g/mol. The quantitative estimate of drug-likeness (QED) is 0.378. The van der Waals surface area contributed by atoms with Gasteiger partial charge in [0, 0.05) is 12.4 Å². The van der Waals surface area contributed by atoms with Gasteiger partial charge < -0.3 is 5.21 Å². The average molecular weight is 162 g/mol. The van der Waals surface area contributed by atoms with Gasteiger partial charge in [0.25, 0.3) is 0 Å². The lowest BCUT2D eigenvalue weighted by Gasteiger charge is -1.91. The van der Waals surface area contributed by atoms with Crippen LogP contribution < -0.4 is 0 Å². The van der Waals surface area contributed by atoms with Crippen molar-refractivity contribution < 1.29 is 5.21 Å². The maximum absolute atomic E-state index is 8.31. The van der Waals surface area contributed by atoms with E-state index < -0.39 is 0 Å². The third kappa shape index (κ3) is 0.914. The Hall–Kier alpha value is -1.91. The molecule has 0 saturated heterocycles. The number of hydrogen-bond acceptors (Lipinski definition) is 4. The fraction of sp³-hybridized carbons (Fsp3) is 0. The van der Waals surface area contributed by atoms with E-state index in [4.69, 9.17) is 5.21 Å². The molecule has 0 spiro atoms. The van der Waals surface area contributed by atoms with Crippen molar-refractivity contribution in [3.05, 3.63) is 30.4 Å². The van der Waals surface area contributed by atoms with E-state index in [2.05, 4.69) is 15.1 Å². The van der Waals surface area contributed by atoms with Crippen LogP contribution in [0.1, 0.15) is 5.69 Å². The Labute approximate surface area is 68.0 Å². The summed E-state index contributed by atoms with van der Waals surface area (Å²) in [5.41, 5.74) is 0.695. The highest BCUT2D eigenvalue weighted by Gasteiger charge is 1.98. The van der Waals surface area contributed by atoms with Gasteiger partial charge in [-0.05, 0) is 6.07 Å². The number of fused-ring (bicyclic) bond motifs is 1. The van der Waals surface area contributed by atoms with Crippen molar-refractivity contribution in [3.8, 4) is 0 Å². The molecule has 0 amide bonds. The lowest BCUT2D eigenvalue weighted by molar-refractivity contribution is 0.321. The number of oxime groups is 1. The van der Waals surface area contributed by atoms with E-state index >= 15 is 0 Å². The highest BCUT2D eigenvalue weighted by atomic mass is 16.4. The topological polar surface area (TPSA) is 62.8 Å². The summed E-state index contributed by atoms with van der Waals surface area (Å²) in [4.78, 5) is 7.98. The molecule has 0 aliphatic carbocycles. The molecule has 2 rings (SSSR count). The van der Waals surface area contributed by atoms with Gasteiger partial charge in [-0.1, -0.05) is 5.16 Å². The third-order valence-electron chi connectivity index (χ3n) is 1.51. The average Bonchev–Trinajstić information content (AvgIpc) is 2.50. The summed E-state index contributed by atoms with van der Waals surface area (Å²) in [6.45, 7) is 0. The van der Waals surface area contributed by atoms with Crippen LogP contribution in [0.2, 0.25) is 0 Å². The molecule has 0 atom stereocenters. The van der Waals surface area contributed by atoms with E-state index in [9.17, 15) is 0 Å². The molecule has 2 aromatic rings. The fourth-order valence-electron chi connectivity index (χ4n) is 1.00. The first kappa shape index (κ1) is 6.78. The minimum Gasteiger partial charge on any atom is -0.411 e. The van der Waals surface area contributed by atoms with Gasteiger partial charge in [0.2, 0.25) is 5.78 Å². The predicted molar refractivity (Wildman–Crippen MR) is 42.4 cm³/mol. The zero-order valence-corrected chi connectivity index (χ0v) is 6.12. The molecule has 1 N–H and O–H groups in total. The Kier molecular flexibility index (Phi) is 1.48. The van der Waals surface area contributed by atoms with Gasteiger partial charge in [-0.25, -0.2) is 9.97 Å². The lowest BCUT2D eigenvalue weighted by Crippen LogP contribution is -1.91. The van der Waals surface area contributed by atoms with E-state index in [0.717, 1.165) is 0 Å². The van der Waals surface area contributed by atoms with E-state index in [0.29, 0.717) is 11.5 Å². The first-order valence-electron chi connectivity index (χ1n) is 3.37. The lowest BCUT2D eigenvalue weighted by atomic mass is 10.5. The number of hydrogen-bond donors (Lipinski definition) is 1. The number of imidazole rings is 1. The predicted octanol–water partition coefficient (Wildman–Crippen LogP) is 0.537. The standard InChI is InChI=1S/C7H6N4O/c12-10-5-6-4-9-7-8-2-1-3-11(6)7/h1-5,12H/b10-5+. The van der Waals surface area contributed by atoms with Crippen LogP contribution in [0.3, 0.4) is 0 Å². The van der Waals surface area contributed by atoms with E-state index in [1.54, 1.807) is 29.1 Å². The second-order valence-corrected chi connectivity index (χ2v) is 2.22. The normalized spacial score (nSPS) is 11.3. The number of nitrogens with zero attached hydrogens (tertiary/aromatic N) is 4. The Morgan fingerprint density at radius 1 is 1.50 bits per heavy atom. The van der Waals surface area contributed by atoms with Crippen LogP contribution in [0.4, 0.5) is 0 Å². The molecule has 0 aliphatic heterocycles. The zero-order chi connectivity index (χ0) is 8.39. The molecule has 5 heteroatoms. The van der Waals surface area contributed by atoms with Crippen molar-refractivity contribution in [1.82, 2.24) is 14.4 Å². The van der Waals surface area contributed by atoms with Crippen molar-refractivity contribution in [2.45, 2.75) is 0 Å². The van der Waals surface area contributed by atoms with E-state index in [-0.39, 0.29) is 0 Å². The summed E-state index contributed by atoms with van der Waals surface area (Å²) in [7, 11) is 0. The van der Waals surface area contributed by atoms with Crippen LogP contribution in [0, 0.1) is 0 Å². The SMILES string of the molecule is O/N=C/c1cnc2ncccn12. The van der Waals surface area contributed by atoms with Gasteiger partial charge in [0.15, 0.2) is 0 Å². The molecule has 2 aromatic heterocycles. The molecule has 0 fully saturated rings. The van der Waals surface area contributed by atoms with Gasteiger partial charge in [-0.3, -0.25) is 4.40 Å². The summed E-state index contributed by atoms with van der Waals surface area (Å²) in [6.07, 6.45) is 6.35. The Morgan fingerprint density at radius 2 is 2.42 bits per heavy atom. The largest absolute Gasteiger partial charge is 0.411 e. The second kappa shape index (κ2) is 2.61. The zero-order valence-electron chi connectivity index (χ0n) is 6.12. The minimum absolute atomic E-state index is 0.590. The number of aromatic nitrogens is 3. The van der Waals surface area contributed by atoms with E-state index in [1.807, 2.05) is 0 Å². The molecule has 0 unspecified atom stereocenters. The van der Waals surface area contributed by atoms with Gasteiger partial charge in [0.1, 0.15) is 0 Å². The van der Waals surface area contributed by atoms with Crippen molar-refractivity contribution in [3.63, 3.8) is 0 Å². The van der Waals surface area contributed by atoms with Gasteiger partial charge >= 0.3 is 0 Å². The fourth-order valence-corrected chi connectivity index (χ4v) is 1.00. The summed E-state index contributed by atoms with van der Waals surface area (Å²) >= 11 is 0. The van der Waals surface area contributed by atoms with Crippen molar-refractivity contribution in [2.75, 3.05) is 0 Å². The van der Waals surface area contributed by atoms with Crippen LogP contribution in [-0.2, 0) is 0 Å². The molecule has 12 heavy (non-hydrogen) atoms. The molecule has 2 heterocycles. The van der Waals surface area contributed by atoms with Crippen molar-refractivity contribution in [2.24, 2.45) is 5.16 Å². The monoisotopic (exact) mass is 162 g/mol. The molecular formula is C7H6N4O. The van der Waals surface area contributed by atoms with Crippen LogP contribution in [-0.4, -0.2) is 25.8 Å². The molecule has 0 bridgehead atoms. The highest BCUT2D eigenvalue weighted by Crippen LogP contribution is 1.99. The van der Waals surface area contributed by atoms with Crippen molar-refractivity contribution in [1.29, 1.82) is 0 Å². The van der Waals surface area contributed by atoms with Gasteiger partial charge in [-0.2, -0.15) is 0 Å². The first-order chi connectivity index (χ1) is 5.92. The summed E-state index contributed by atoms with van der Waals surface area (Å²) in [5, 5.41) is 11.2. The third-order valence-corrected chi connectivity index (χ3v) is 1.51. The van der Waals surface area contributed by atoms with Gasteiger partial charge in [0.05, 0.1) is 18.1 Å². The van der Waals surface area contributed by atoms with Crippen LogP contribution in [0.15, 0.2) is 29.8 Å². The Bertz CT molecular complexity index is 420. The second-order valence-electron chi connectivity index (χ2n) is 2.22. The molecule has 0 saturated carbocycles. The Morgan fingerprint density at radius 3 is 3.25 bits per heavy atom. The highest BCUT2D eigenvalue weighted by molar-refractivity contribution is 5.77. The summed E-state index contributed by atoms with van der Waals surface area (Å²) in [6, 6.07) is 1.78. The van der Waals surface area contributed by atoms with E-state index in [1.165, 1.54) is 6.21 Å². The Balaban J connectivity index is 2.70. The van der Waals surface area contributed by atoms with Gasteiger partial charge in [-0.15, -0.1) is 0 Å². The van der Waals surface area contributed by atoms with Crippen LogP contribution >= 0.6 is 0 Å². The van der Waals surface area contributed by atoms with Crippen LogP contribution in [0.5, 0.6) is 0 Å². The molecule has 0 aliphatic rings. The smallest absolute Gasteiger partial charge is 0.234 e. The minimum atomic E-state index is 0.590. The maximum atomic E-state index is 8.31. The molecule has 0 radical (unpaired) electrons. The molecule has 5 nitrogen and oxygen atoms in total. The first-order valence-corrected chi connectivity index (χ1v) is 3.37. The molecule has 60 valence electrons. The number of rotatable bonds is 1. The summed E-state index contributed by atoms with van der Waals surface area (Å²) in [5.74, 6) is 0.590. The van der Waals surface area contributed by atoms with Crippen LogP contribution in [0.25, 0.3) is 5.78 Å².